The van der Waals surface area contributed by atoms with E-state index < -0.39 is 0 Å². The number of amides is 1. The molecule has 0 aromatic heterocycles. The molecule has 1 amide bonds. The first-order valence-electron chi connectivity index (χ1n) is 8.87. The van der Waals surface area contributed by atoms with Crippen LogP contribution >= 0.6 is 0 Å². The second kappa shape index (κ2) is 14.2. The maximum atomic E-state index is 11.6. The monoisotopic (exact) mass is 361 g/mol. The van der Waals surface area contributed by atoms with Crippen molar-refractivity contribution in [2.24, 2.45) is 11.3 Å². The smallest absolute Gasteiger partial charge is 0.225 e. The van der Waals surface area contributed by atoms with Gasteiger partial charge in [0, 0.05) is 17.9 Å². The molecule has 0 unspecified atom stereocenters. The summed E-state index contributed by atoms with van der Waals surface area (Å²) < 4.78 is 21.3. The van der Waals surface area contributed by atoms with Gasteiger partial charge in [-0.3, -0.25) is 9.59 Å². The average Bonchev–Trinajstić information content (AvgIpc) is 2.53. The van der Waals surface area contributed by atoms with Crippen LogP contribution in [0.3, 0.4) is 0 Å². The summed E-state index contributed by atoms with van der Waals surface area (Å²) in [6.45, 7) is 13.2. The second-order valence-corrected chi connectivity index (χ2v) is 7.02. The lowest BCUT2D eigenvalue weighted by atomic mass is 9.96. The molecular formula is C18H35NO6. The summed E-state index contributed by atoms with van der Waals surface area (Å²) in [5, 5.41) is 2.81. The topological polar surface area (TPSA) is 83.1 Å². The molecule has 25 heavy (non-hydrogen) atoms. The SMILES string of the molecule is CC(C)C(=O)COCCOCCOCCOCCNC(=O)C(C)(C)C. The van der Waals surface area contributed by atoms with Crippen molar-refractivity contribution in [2.45, 2.75) is 34.6 Å². The van der Waals surface area contributed by atoms with Crippen molar-refractivity contribution in [3.05, 3.63) is 0 Å². The molecule has 0 bridgehead atoms. The second-order valence-electron chi connectivity index (χ2n) is 7.02. The highest BCUT2D eigenvalue weighted by Gasteiger charge is 2.20. The first-order chi connectivity index (χ1) is 11.7. The van der Waals surface area contributed by atoms with Crippen LogP contribution in [0.25, 0.3) is 0 Å². The molecule has 0 aromatic carbocycles. The maximum Gasteiger partial charge on any atom is 0.225 e. The standard InChI is InChI=1S/C18H35NO6/c1-15(2)16(20)14-25-13-12-24-11-10-23-9-8-22-7-6-19-17(21)18(3,4)5/h15H,6-14H2,1-5H3,(H,19,21). The van der Waals surface area contributed by atoms with Crippen molar-refractivity contribution in [1.29, 1.82) is 0 Å². The van der Waals surface area contributed by atoms with Crippen LogP contribution in [-0.2, 0) is 28.5 Å². The predicted molar refractivity (Wildman–Crippen MR) is 95.6 cm³/mol. The van der Waals surface area contributed by atoms with Crippen molar-refractivity contribution < 1.29 is 28.5 Å². The lowest BCUT2D eigenvalue weighted by Gasteiger charge is -2.17. The molecule has 0 saturated heterocycles. The third kappa shape index (κ3) is 15.0. The fraction of sp³-hybridized carbons (Fsp3) is 0.889. The van der Waals surface area contributed by atoms with Crippen LogP contribution in [0.1, 0.15) is 34.6 Å². The Balaban J connectivity index is 3.22. The molecule has 7 nitrogen and oxygen atoms in total. The number of carbonyl (C=O) groups is 2. The van der Waals surface area contributed by atoms with Crippen molar-refractivity contribution in [3.8, 4) is 0 Å². The van der Waals surface area contributed by atoms with Gasteiger partial charge >= 0.3 is 0 Å². The number of ether oxygens (including phenoxy) is 4. The normalized spacial score (nSPS) is 11.8. The first kappa shape index (κ1) is 24.0. The van der Waals surface area contributed by atoms with E-state index in [1.54, 1.807) is 0 Å². The molecule has 0 saturated carbocycles. The number of hydrogen-bond acceptors (Lipinski definition) is 6. The van der Waals surface area contributed by atoms with Crippen molar-refractivity contribution in [1.82, 2.24) is 5.32 Å². The molecule has 0 aromatic rings. The number of carbonyl (C=O) groups excluding carboxylic acids is 2. The van der Waals surface area contributed by atoms with E-state index in [1.165, 1.54) is 0 Å². The van der Waals surface area contributed by atoms with Crippen molar-refractivity contribution >= 4 is 11.7 Å². The minimum atomic E-state index is -0.377. The summed E-state index contributed by atoms with van der Waals surface area (Å²) in [7, 11) is 0. The number of rotatable bonds is 15. The zero-order valence-corrected chi connectivity index (χ0v) is 16.4. The Morgan fingerprint density at radius 2 is 1.24 bits per heavy atom. The van der Waals surface area contributed by atoms with Gasteiger partial charge in [0.15, 0.2) is 5.78 Å². The Morgan fingerprint density at radius 1 is 0.800 bits per heavy atom. The maximum absolute atomic E-state index is 11.6. The summed E-state index contributed by atoms with van der Waals surface area (Å²) in [4.78, 5) is 22.9. The third-order valence-electron chi connectivity index (χ3n) is 3.22. The van der Waals surface area contributed by atoms with Gasteiger partial charge in [0.25, 0.3) is 0 Å². The lowest BCUT2D eigenvalue weighted by molar-refractivity contribution is -0.129. The minimum absolute atomic E-state index is 0.00583. The van der Waals surface area contributed by atoms with Crippen LogP contribution in [0, 0.1) is 11.3 Å². The molecular weight excluding hydrogens is 326 g/mol. The van der Waals surface area contributed by atoms with Gasteiger partial charge in [-0.25, -0.2) is 0 Å². The van der Waals surface area contributed by atoms with Crippen molar-refractivity contribution in [2.75, 3.05) is 59.4 Å². The summed E-state index contributed by atoms with van der Waals surface area (Å²) in [5.74, 6) is 0.120. The Hall–Kier alpha value is -1.02. The lowest BCUT2D eigenvalue weighted by Crippen LogP contribution is -2.36. The van der Waals surface area contributed by atoms with Gasteiger partial charge in [-0.2, -0.15) is 0 Å². The van der Waals surface area contributed by atoms with E-state index in [1.807, 2.05) is 34.6 Å². The van der Waals surface area contributed by atoms with E-state index in [4.69, 9.17) is 18.9 Å². The Bertz CT molecular complexity index is 365. The number of hydrogen-bond donors (Lipinski definition) is 1. The zero-order chi connectivity index (χ0) is 19.1. The van der Waals surface area contributed by atoms with E-state index in [0.717, 1.165) is 0 Å². The van der Waals surface area contributed by atoms with Gasteiger partial charge in [-0.05, 0) is 0 Å². The van der Waals surface area contributed by atoms with Crippen LogP contribution < -0.4 is 5.32 Å². The third-order valence-corrected chi connectivity index (χ3v) is 3.22. The average molecular weight is 361 g/mol. The number of Topliss-reactive ketones (excluding diaryl/α,β-unsaturated/α-hetero) is 1. The summed E-state index contributed by atoms with van der Waals surface area (Å²) in [6, 6.07) is 0. The largest absolute Gasteiger partial charge is 0.377 e. The molecule has 0 atom stereocenters. The van der Waals surface area contributed by atoms with Crippen LogP contribution in [-0.4, -0.2) is 71.1 Å². The molecule has 0 aliphatic heterocycles. The van der Waals surface area contributed by atoms with E-state index in [2.05, 4.69) is 5.32 Å². The number of ketones is 1. The number of nitrogens with one attached hydrogen (secondary N) is 1. The summed E-state index contributed by atoms with van der Waals surface area (Å²) in [5.41, 5.74) is -0.377. The molecule has 7 heteroatoms. The van der Waals surface area contributed by atoms with Crippen LogP contribution in [0.15, 0.2) is 0 Å². The quantitative estimate of drug-likeness (QED) is 0.445. The van der Waals surface area contributed by atoms with Gasteiger partial charge in [-0.1, -0.05) is 34.6 Å². The summed E-state index contributed by atoms with van der Waals surface area (Å²) >= 11 is 0. The highest BCUT2D eigenvalue weighted by atomic mass is 16.6. The molecule has 0 rings (SSSR count). The zero-order valence-electron chi connectivity index (χ0n) is 16.4. The van der Waals surface area contributed by atoms with Crippen LogP contribution in [0.5, 0.6) is 0 Å². The highest BCUT2D eigenvalue weighted by Crippen LogP contribution is 2.11. The van der Waals surface area contributed by atoms with Gasteiger partial charge in [0.2, 0.25) is 5.91 Å². The molecule has 148 valence electrons. The first-order valence-corrected chi connectivity index (χ1v) is 8.87. The van der Waals surface area contributed by atoms with E-state index in [-0.39, 0.29) is 29.6 Å². The molecule has 0 spiro atoms. The van der Waals surface area contributed by atoms with Gasteiger partial charge in [0.05, 0.1) is 46.2 Å². The fourth-order valence-electron chi connectivity index (χ4n) is 1.50. The summed E-state index contributed by atoms with van der Waals surface area (Å²) in [6.07, 6.45) is 0. The van der Waals surface area contributed by atoms with E-state index in [0.29, 0.717) is 52.8 Å². The van der Waals surface area contributed by atoms with Crippen LogP contribution in [0.4, 0.5) is 0 Å². The molecule has 0 aliphatic carbocycles. The van der Waals surface area contributed by atoms with E-state index >= 15 is 0 Å². The molecule has 1 N–H and O–H groups in total. The molecule has 0 aliphatic rings. The molecule has 0 heterocycles. The Morgan fingerprint density at radius 3 is 1.68 bits per heavy atom. The van der Waals surface area contributed by atoms with Gasteiger partial charge < -0.3 is 24.3 Å². The predicted octanol–water partition coefficient (Wildman–Crippen LogP) is 1.44. The molecule has 0 fully saturated rings. The molecule has 0 radical (unpaired) electrons. The Labute approximate surface area is 151 Å². The van der Waals surface area contributed by atoms with Crippen molar-refractivity contribution in [3.63, 3.8) is 0 Å². The Kier molecular flexibility index (Phi) is 13.6. The van der Waals surface area contributed by atoms with Gasteiger partial charge in [0.1, 0.15) is 6.61 Å². The minimum Gasteiger partial charge on any atom is -0.377 e. The van der Waals surface area contributed by atoms with E-state index in [9.17, 15) is 9.59 Å². The van der Waals surface area contributed by atoms with Crippen LogP contribution in [0.2, 0.25) is 0 Å². The highest BCUT2D eigenvalue weighted by molar-refractivity contribution is 5.81. The van der Waals surface area contributed by atoms with Gasteiger partial charge in [-0.15, -0.1) is 0 Å². The fourth-order valence-corrected chi connectivity index (χ4v) is 1.50.